The molecule has 128 valence electrons. The van der Waals surface area contributed by atoms with Crippen molar-refractivity contribution in [1.29, 1.82) is 0 Å². The summed E-state index contributed by atoms with van der Waals surface area (Å²) in [6.07, 6.45) is 0.897. The number of hydrogen-bond donors (Lipinski definition) is 1. The molecule has 4 nitrogen and oxygen atoms in total. The predicted octanol–water partition coefficient (Wildman–Crippen LogP) is 4.35. The molecule has 3 rings (SSSR count). The number of fused-ring (bicyclic) bond motifs is 1. The third-order valence-electron chi connectivity index (χ3n) is 4.75. The van der Waals surface area contributed by atoms with Crippen LogP contribution in [0.2, 0.25) is 0 Å². The molecule has 0 aliphatic carbocycles. The van der Waals surface area contributed by atoms with Crippen molar-refractivity contribution in [2.24, 2.45) is 0 Å². The minimum atomic E-state index is -0.0733. The highest BCUT2D eigenvalue weighted by atomic mass is 16.2. The summed E-state index contributed by atoms with van der Waals surface area (Å²) in [6.45, 7) is 4.10. The minimum absolute atomic E-state index is 0.0733. The average Bonchev–Trinajstić information content (AvgIpc) is 2.65. The van der Waals surface area contributed by atoms with Crippen molar-refractivity contribution < 1.29 is 4.79 Å². The quantitative estimate of drug-likeness (QED) is 0.722. The van der Waals surface area contributed by atoms with E-state index in [1.807, 2.05) is 68.6 Å². The highest BCUT2D eigenvalue weighted by Crippen LogP contribution is 2.31. The van der Waals surface area contributed by atoms with Gasteiger partial charge >= 0.3 is 0 Å². The first-order chi connectivity index (χ1) is 12.0. The zero-order valence-electron chi connectivity index (χ0n) is 14.9. The van der Waals surface area contributed by atoms with Crippen LogP contribution in [0.15, 0.2) is 54.6 Å². The summed E-state index contributed by atoms with van der Waals surface area (Å²) in [6, 6.07) is 17.6. The molecule has 0 spiro atoms. The van der Waals surface area contributed by atoms with Crippen LogP contribution in [-0.4, -0.2) is 28.9 Å². The monoisotopic (exact) mass is 333 g/mol. The van der Waals surface area contributed by atoms with Gasteiger partial charge in [-0.05, 0) is 30.9 Å². The Balaban J connectivity index is 2.20. The summed E-state index contributed by atoms with van der Waals surface area (Å²) >= 11 is 0. The first-order valence-electron chi connectivity index (χ1n) is 8.54. The fourth-order valence-electron chi connectivity index (χ4n) is 2.88. The number of nitrogen functional groups attached to an aromatic ring is 1. The van der Waals surface area contributed by atoms with Gasteiger partial charge in [0.1, 0.15) is 5.69 Å². The molecule has 0 radical (unpaired) electrons. The number of amides is 1. The molecule has 1 atom stereocenters. The summed E-state index contributed by atoms with van der Waals surface area (Å²) in [5, 5.41) is 1.97. The third kappa shape index (κ3) is 3.20. The van der Waals surface area contributed by atoms with Gasteiger partial charge in [0.15, 0.2) is 0 Å². The van der Waals surface area contributed by atoms with Gasteiger partial charge in [0.2, 0.25) is 0 Å². The summed E-state index contributed by atoms with van der Waals surface area (Å²) < 4.78 is 0. The SMILES string of the molecule is CCC(C)N(C)C(=O)c1cc2ccccc2c(-c2ccccc2N)n1. The van der Waals surface area contributed by atoms with Crippen LogP contribution in [0, 0.1) is 0 Å². The lowest BCUT2D eigenvalue weighted by Gasteiger charge is -2.24. The summed E-state index contributed by atoms with van der Waals surface area (Å²) in [7, 11) is 1.82. The molecule has 1 amide bonds. The van der Waals surface area contributed by atoms with Crippen molar-refractivity contribution in [2.45, 2.75) is 26.3 Å². The maximum Gasteiger partial charge on any atom is 0.272 e. The number of benzene rings is 2. The molecule has 1 unspecified atom stereocenters. The van der Waals surface area contributed by atoms with E-state index in [1.165, 1.54) is 0 Å². The zero-order chi connectivity index (χ0) is 18.0. The van der Waals surface area contributed by atoms with Gasteiger partial charge in [-0.1, -0.05) is 49.4 Å². The summed E-state index contributed by atoms with van der Waals surface area (Å²) in [4.78, 5) is 19.3. The Bertz CT molecular complexity index is 920. The van der Waals surface area contributed by atoms with Gasteiger partial charge in [-0.25, -0.2) is 4.98 Å². The van der Waals surface area contributed by atoms with Crippen molar-refractivity contribution in [3.63, 3.8) is 0 Å². The molecule has 3 aromatic rings. The number of hydrogen-bond acceptors (Lipinski definition) is 3. The van der Waals surface area contributed by atoms with Gasteiger partial charge in [0, 0.05) is 29.7 Å². The molecule has 0 aliphatic rings. The first-order valence-corrected chi connectivity index (χ1v) is 8.54. The van der Waals surface area contributed by atoms with Crippen LogP contribution in [0.1, 0.15) is 30.8 Å². The molecular weight excluding hydrogens is 310 g/mol. The minimum Gasteiger partial charge on any atom is -0.398 e. The highest BCUT2D eigenvalue weighted by molar-refractivity contribution is 6.02. The molecule has 25 heavy (non-hydrogen) atoms. The second-order valence-electron chi connectivity index (χ2n) is 6.34. The van der Waals surface area contributed by atoms with E-state index in [2.05, 4.69) is 6.92 Å². The Labute approximate surface area is 148 Å². The number of anilines is 1. The molecule has 2 N–H and O–H groups in total. The van der Waals surface area contributed by atoms with Gasteiger partial charge < -0.3 is 10.6 Å². The van der Waals surface area contributed by atoms with Crippen LogP contribution < -0.4 is 5.73 Å². The molecule has 0 fully saturated rings. The van der Waals surface area contributed by atoms with Crippen molar-refractivity contribution in [2.75, 3.05) is 12.8 Å². The van der Waals surface area contributed by atoms with Crippen molar-refractivity contribution >= 4 is 22.4 Å². The van der Waals surface area contributed by atoms with Crippen LogP contribution in [0.5, 0.6) is 0 Å². The molecule has 0 saturated carbocycles. The number of nitrogens with zero attached hydrogens (tertiary/aromatic N) is 2. The topological polar surface area (TPSA) is 59.2 Å². The summed E-state index contributed by atoms with van der Waals surface area (Å²) in [5.74, 6) is -0.0733. The number of rotatable bonds is 4. The smallest absolute Gasteiger partial charge is 0.272 e. The maximum atomic E-state index is 12.9. The lowest BCUT2D eigenvalue weighted by atomic mass is 10.0. The Morgan fingerprint density at radius 2 is 1.84 bits per heavy atom. The van der Waals surface area contributed by atoms with Crippen LogP contribution in [0.4, 0.5) is 5.69 Å². The fraction of sp³-hybridized carbons (Fsp3) is 0.238. The van der Waals surface area contributed by atoms with Gasteiger partial charge in [0.05, 0.1) is 5.69 Å². The Morgan fingerprint density at radius 3 is 2.56 bits per heavy atom. The zero-order valence-corrected chi connectivity index (χ0v) is 14.9. The van der Waals surface area contributed by atoms with Crippen LogP contribution in [-0.2, 0) is 0 Å². The first kappa shape index (κ1) is 17.0. The van der Waals surface area contributed by atoms with Gasteiger partial charge in [-0.2, -0.15) is 0 Å². The van der Waals surface area contributed by atoms with Crippen molar-refractivity contribution in [1.82, 2.24) is 9.88 Å². The van der Waals surface area contributed by atoms with E-state index in [4.69, 9.17) is 10.7 Å². The normalized spacial score (nSPS) is 12.1. The average molecular weight is 333 g/mol. The highest BCUT2D eigenvalue weighted by Gasteiger charge is 2.20. The lowest BCUT2D eigenvalue weighted by Crippen LogP contribution is -2.35. The number of carbonyl (C=O) groups is 1. The van der Waals surface area contributed by atoms with E-state index in [0.29, 0.717) is 11.4 Å². The number of pyridine rings is 1. The summed E-state index contributed by atoms with van der Waals surface area (Å²) in [5.41, 5.74) is 8.86. The van der Waals surface area contributed by atoms with Gasteiger partial charge in [-0.15, -0.1) is 0 Å². The van der Waals surface area contributed by atoms with E-state index in [0.717, 1.165) is 28.5 Å². The Hall–Kier alpha value is -2.88. The molecule has 4 heteroatoms. The van der Waals surface area contributed by atoms with Crippen LogP contribution in [0.3, 0.4) is 0 Å². The van der Waals surface area contributed by atoms with Crippen LogP contribution >= 0.6 is 0 Å². The van der Waals surface area contributed by atoms with Gasteiger partial charge in [0.25, 0.3) is 5.91 Å². The second-order valence-corrected chi connectivity index (χ2v) is 6.34. The Morgan fingerprint density at radius 1 is 1.16 bits per heavy atom. The van der Waals surface area contributed by atoms with Crippen molar-refractivity contribution in [3.8, 4) is 11.3 Å². The fourth-order valence-corrected chi connectivity index (χ4v) is 2.88. The molecular formula is C21H23N3O. The molecule has 1 heterocycles. The molecule has 2 aromatic carbocycles. The van der Waals surface area contributed by atoms with Gasteiger partial charge in [-0.3, -0.25) is 4.79 Å². The third-order valence-corrected chi connectivity index (χ3v) is 4.75. The number of carbonyl (C=O) groups excluding carboxylic acids is 1. The second kappa shape index (κ2) is 6.93. The Kier molecular flexibility index (Phi) is 4.70. The van der Waals surface area contributed by atoms with Crippen LogP contribution in [0.25, 0.3) is 22.0 Å². The standard InChI is InChI=1S/C21H23N3O/c1-4-14(2)24(3)21(25)19-13-15-9-5-6-10-16(15)20(23-19)17-11-7-8-12-18(17)22/h5-14H,4,22H2,1-3H3. The number of nitrogens with two attached hydrogens (primary N) is 1. The number of aromatic nitrogens is 1. The maximum absolute atomic E-state index is 12.9. The predicted molar refractivity (Wildman–Crippen MR) is 103 cm³/mol. The molecule has 1 aromatic heterocycles. The van der Waals surface area contributed by atoms with E-state index >= 15 is 0 Å². The largest absolute Gasteiger partial charge is 0.398 e. The molecule has 0 aliphatic heterocycles. The van der Waals surface area contributed by atoms with Crippen molar-refractivity contribution in [3.05, 3.63) is 60.3 Å². The number of para-hydroxylation sites is 1. The molecule has 0 bridgehead atoms. The van der Waals surface area contributed by atoms with E-state index in [1.54, 1.807) is 4.90 Å². The molecule has 0 saturated heterocycles. The van der Waals surface area contributed by atoms with E-state index < -0.39 is 0 Å². The van der Waals surface area contributed by atoms with E-state index in [9.17, 15) is 4.79 Å². The van der Waals surface area contributed by atoms with E-state index in [-0.39, 0.29) is 11.9 Å². The lowest BCUT2D eigenvalue weighted by molar-refractivity contribution is 0.0735.